The van der Waals surface area contributed by atoms with Crippen LogP contribution in [0.1, 0.15) is 0 Å². The molecule has 19 heavy (non-hydrogen) atoms. The van der Waals surface area contributed by atoms with E-state index in [1.54, 1.807) is 12.1 Å². The molecule has 1 aliphatic rings. The van der Waals surface area contributed by atoms with Gasteiger partial charge in [0.05, 0.1) is 0 Å². The number of hydrogen-bond acceptors (Lipinski definition) is 4. The molecule has 0 amide bonds. The second-order valence-corrected chi connectivity index (χ2v) is 5.51. The van der Waals surface area contributed by atoms with Gasteiger partial charge in [0.1, 0.15) is 12.7 Å². The van der Waals surface area contributed by atoms with Crippen LogP contribution in [0.3, 0.4) is 0 Å². The van der Waals surface area contributed by atoms with Gasteiger partial charge in [-0.25, -0.2) is 4.39 Å². The molecule has 4 nitrogen and oxygen atoms in total. The van der Waals surface area contributed by atoms with Gasteiger partial charge in [0.15, 0.2) is 11.6 Å². The van der Waals surface area contributed by atoms with Crippen molar-refractivity contribution < 1.29 is 14.2 Å². The second-order valence-electron chi connectivity index (χ2n) is 4.59. The van der Waals surface area contributed by atoms with Crippen molar-refractivity contribution in [2.75, 3.05) is 39.3 Å². The zero-order valence-corrected chi connectivity index (χ0v) is 12.2. The maximum Gasteiger partial charge on any atom is 0.166 e. The lowest BCUT2D eigenvalue weighted by molar-refractivity contribution is 0.0628. The van der Waals surface area contributed by atoms with Gasteiger partial charge in [-0.05, 0) is 18.2 Å². The van der Waals surface area contributed by atoms with Crippen LogP contribution in [0.15, 0.2) is 22.7 Å². The lowest BCUT2D eigenvalue weighted by atomic mass is 10.3. The highest BCUT2D eigenvalue weighted by Crippen LogP contribution is 2.21. The van der Waals surface area contributed by atoms with Gasteiger partial charge >= 0.3 is 0 Å². The summed E-state index contributed by atoms with van der Waals surface area (Å²) < 4.78 is 19.5. The van der Waals surface area contributed by atoms with E-state index in [-0.39, 0.29) is 12.4 Å². The van der Waals surface area contributed by atoms with Crippen LogP contribution >= 0.6 is 15.9 Å². The van der Waals surface area contributed by atoms with Crippen molar-refractivity contribution in [3.8, 4) is 5.75 Å². The number of piperazine rings is 1. The van der Waals surface area contributed by atoms with E-state index in [2.05, 4.69) is 26.1 Å². The van der Waals surface area contributed by atoms with E-state index in [0.717, 1.165) is 26.2 Å². The molecular weight excluding hydrogens is 315 g/mol. The zero-order valence-electron chi connectivity index (χ0n) is 10.6. The molecule has 0 radical (unpaired) electrons. The molecule has 2 rings (SSSR count). The van der Waals surface area contributed by atoms with E-state index in [4.69, 9.17) is 4.74 Å². The fraction of sp³-hybridized carbons (Fsp3) is 0.538. The molecule has 2 N–H and O–H groups in total. The van der Waals surface area contributed by atoms with E-state index in [0.29, 0.717) is 11.0 Å². The summed E-state index contributed by atoms with van der Waals surface area (Å²) in [4.78, 5) is 2.17. The molecule has 1 atom stereocenters. The number of ether oxygens (including phenoxy) is 1. The van der Waals surface area contributed by atoms with Crippen LogP contribution in [-0.4, -0.2) is 55.4 Å². The highest BCUT2D eigenvalue weighted by atomic mass is 79.9. The van der Waals surface area contributed by atoms with Gasteiger partial charge in [-0.1, -0.05) is 15.9 Å². The largest absolute Gasteiger partial charge is 0.488 e. The topological polar surface area (TPSA) is 44.7 Å². The summed E-state index contributed by atoms with van der Waals surface area (Å²) in [5, 5.41) is 13.1. The third-order valence-corrected chi connectivity index (χ3v) is 3.50. The molecule has 0 aromatic heterocycles. The molecule has 1 aromatic carbocycles. The number of halogens is 2. The molecule has 1 heterocycles. The van der Waals surface area contributed by atoms with E-state index < -0.39 is 11.9 Å². The van der Waals surface area contributed by atoms with Gasteiger partial charge in [0, 0.05) is 37.2 Å². The molecule has 0 saturated carbocycles. The number of hydrogen-bond donors (Lipinski definition) is 2. The summed E-state index contributed by atoms with van der Waals surface area (Å²) in [6.07, 6.45) is -0.610. The van der Waals surface area contributed by atoms with E-state index in [1.165, 1.54) is 6.07 Å². The summed E-state index contributed by atoms with van der Waals surface area (Å²) in [5.74, 6) is -0.258. The number of benzene rings is 1. The minimum absolute atomic E-state index is 0.0997. The number of aliphatic hydroxyl groups excluding tert-OH is 1. The average molecular weight is 333 g/mol. The second kappa shape index (κ2) is 7.19. The van der Waals surface area contributed by atoms with Crippen LogP contribution < -0.4 is 10.1 Å². The average Bonchev–Trinajstić information content (AvgIpc) is 2.39. The van der Waals surface area contributed by atoms with Crippen molar-refractivity contribution in [2.45, 2.75) is 6.10 Å². The lowest BCUT2D eigenvalue weighted by Crippen LogP contribution is -2.47. The van der Waals surface area contributed by atoms with E-state index >= 15 is 0 Å². The molecule has 0 spiro atoms. The van der Waals surface area contributed by atoms with Crippen LogP contribution in [0.5, 0.6) is 5.75 Å². The Kier molecular flexibility index (Phi) is 5.57. The number of rotatable bonds is 5. The van der Waals surface area contributed by atoms with Gasteiger partial charge in [-0.15, -0.1) is 0 Å². The standard InChI is InChI=1S/C13H18BrFN2O2/c14-10-1-2-13(12(15)7-10)19-9-11(18)8-17-5-3-16-4-6-17/h1-2,7,11,16,18H,3-6,8-9H2. The van der Waals surface area contributed by atoms with Crippen molar-refractivity contribution in [2.24, 2.45) is 0 Å². The molecule has 0 bridgehead atoms. The fourth-order valence-corrected chi connectivity index (χ4v) is 2.36. The van der Waals surface area contributed by atoms with Crippen molar-refractivity contribution in [1.82, 2.24) is 10.2 Å². The van der Waals surface area contributed by atoms with Gasteiger partial charge in [-0.2, -0.15) is 0 Å². The Bertz CT molecular complexity index is 414. The quantitative estimate of drug-likeness (QED) is 0.851. The molecule has 106 valence electrons. The van der Waals surface area contributed by atoms with Gasteiger partial charge in [0.2, 0.25) is 0 Å². The molecule has 1 saturated heterocycles. The number of nitrogens with one attached hydrogen (secondary N) is 1. The van der Waals surface area contributed by atoms with Crippen LogP contribution in [-0.2, 0) is 0 Å². The number of aliphatic hydroxyl groups is 1. The van der Waals surface area contributed by atoms with Crippen LogP contribution in [0.2, 0.25) is 0 Å². The number of nitrogens with zero attached hydrogens (tertiary/aromatic N) is 1. The maximum atomic E-state index is 13.5. The van der Waals surface area contributed by atoms with Crippen LogP contribution in [0.4, 0.5) is 4.39 Å². The minimum atomic E-state index is -0.610. The molecule has 1 unspecified atom stereocenters. The van der Waals surface area contributed by atoms with Gasteiger partial charge in [0.25, 0.3) is 0 Å². The fourth-order valence-electron chi connectivity index (χ4n) is 2.02. The Balaban J connectivity index is 1.77. The summed E-state index contributed by atoms with van der Waals surface area (Å²) in [6.45, 7) is 4.37. The molecule has 6 heteroatoms. The first-order valence-electron chi connectivity index (χ1n) is 6.34. The first-order valence-corrected chi connectivity index (χ1v) is 7.13. The SMILES string of the molecule is OC(COc1ccc(Br)cc1F)CN1CCNCC1. The molecule has 0 aliphatic carbocycles. The maximum absolute atomic E-state index is 13.5. The monoisotopic (exact) mass is 332 g/mol. The predicted molar refractivity (Wildman–Crippen MR) is 74.9 cm³/mol. The Morgan fingerprint density at radius 2 is 2.16 bits per heavy atom. The Morgan fingerprint density at radius 1 is 1.42 bits per heavy atom. The Morgan fingerprint density at radius 3 is 2.84 bits per heavy atom. The first kappa shape index (κ1) is 14.7. The summed E-state index contributed by atoms with van der Waals surface area (Å²) in [6, 6.07) is 4.61. The highest BCUT2D eigenvalue weighted by Gasteiger charge is 2.15. The molecule has 1 aromatic rings. The van der Waals surface area contributed by atoms with Crippen molar-refractivity contribution >= 4 is 15.9 Å². The van der Waals surface area contributed by atoms with Crippen LogP contribution in [0, 0.1) is 5.82 Å². The van der Waals surface area contributed by atoms with E-state index in [9.17, 15) is 9.50 Å². The smallest absolute Gasteiger partial charge is 0.166 e. The molecule has 1 aliphatic heterocycles. The van der Waals surface area contributed by atoms with Crippen LogP contribution in [0.25, 0.3) is 0 Å². The normalized spacial score (nSPS) is 18.3. The Labute approximate surface area is 120 Å². The zero-order chi connectivity index (χ0) is 13.7. The van der Waals surface area contributed by atoms with Crippen molar-refractivity contribution in [3.63, 3.8) is 0 Å². The van der Waals surface area contributed by atoms with Gasteiger partial charge < -0.3 is 15.2 Å². The minimum Gasteiger partial charge on any atom is -0.488 e. The van der Waals surface area contributed by atoms with Crippen molar-refractivity contribution in [1.29, 1.82) is 0 Å². The van der Waals surface area contributed by atoms with Gasteiger partial charge in [-0.3, -0.25) is 4.90 Å². The van der Waals surface area contributed by atoms with Crippen molar-refractivity contribution in [3.05, 3.63) is 28.5 Å². The summed E-state index contributed by atoms with van der Waals surface area (Å²) >= 11 is 3.18. The number of β-amino-alcohol motifs (C(OH)–C–C–N with tert-alkyl or cyclic N) is 1. The summed E-state index contributed by atoms with van der Waals surface area (Å²) in [7, 11) is 0. The van der Waals surface area contributed by atoms with E-state index in [1.807, 2.05) is 0 Å². The molecular formula is C13H18BrFN2O2. The lowest BCUT2D eigenvalue weighted by Gasteiger charge is -2.29. The third-order valence-electron chi connectivity index (χ3n) is 3.00. The summed E-state index contributed by atoms with van der Waals surface area (Å²) in [5.41, 5.74) is 0. The third kappa shape index (κ3) is 4.72. The molecule has 1 fully saturated rings. The predicted octanol–water partition coefficient (Wildman–Crippen LogP) is 1.23. The first-order chi connectivity index (χ1) is 9.15. The highest BCUT2D eigenvalue weighted by molar-refractivity contribution is 9.10. The Hall–Kier alpha value is -0.690.